The van der Waals surface area contributed by atoms with Gasteiger partial charge in [-0.2, -0.15) is 0 Å². The number of benzene rings is 2. The summed E-state index contributed by atoms with van der Waals surface area (Å²) in [6.45, 7) is 0.677. The zero-order chi connectivity index (χ0) is 17.9. The lowest BCUT2D eigenvalue weighted by Crippen LogP contribution is -2.47. The van der Waals surface area contributed by atoms with Crippen molar-refractivity contribution in [1.82, 2.24) is 4.90 Å². The normalized spacial score (nSPS) is 24.5. The summed E-state index contributed by atoms with van der Waals surface area (Å²) in [7, 11) is 0. The number of carbonyl (C=O) groups is 1. The molecule has 2 aromatic rings. The average molecular weight is 351 g/mol. The lowest BCUT2D eigenvalue weighted by molar-refractivity contribution is 0.0449. The summed E-state index contributed by atoms with van der Waals surface area (Å²) in [5.41, 5.74) is 1.72. The second-order valence-electron chi connectivity index (χ2n) is 7.39. The van der Waals surface area contributed by atoms with Crippen LogP contribution in [0.25, 0.3) is 0 Å². The second kappa shape index (κ2) is 7.50. The van der Waals surface area contributed by atoms with Crippen molar-refractivity contribution in [2.45, 2.75) is 44.4 Å². The zero-order valence-corrected chi connectivity index (χ0v) is 14.9. The first-order chi connectivity index (χ1) is 12.8. The van der Waals surface area contributed by atoms with Crippen LogP contribution in [-0.4, -0.2) is 34.6 Å². The molecule has 0 spiro atoms. The number of hydrogen-bond acceptors (Lipinski definition) is 3. The molecular formula is C22H25NO3. The number of fused-ring (bicyclic) bond motifs is 2. The fourth-order valence-corrected chi connectivity index (χ4v) is 4.41. The largest absolute Gasteiger partial charge is 0.488 e. The lowest BCUT2D eigenvalue weighted by Gasteiger charge is -2.38. The van der Waals surface area contributed by atoms with E-state index >= 15 is 0 Å². The van der Waals surface area contributed by atoms with Crippen LogP contribution in [0, 0.1) is 5.92 Å². The molecule has 136 valence electrons. The Balaban J connectivity index is 1.52. The molecule has 0 aromatic heterocycles. The highest BCUT2D eigenvalue weighted by molar-refractivity contribution is 5.97. The highest BCUT2D eigenvalue weighted by atomic mass is 16.5. The van der Waals surface area contributed by atoms with E-state index in [1.54, 1.807) is 0 Å². The summed E-state index contributed by atoms with van der Waals surface area (Å²) in [5, 5.41) is 9.50. The zero-order valence-electron chi connectivity index (χ0n) is 14.9. The maximum absolute atomic E-state index is 13.3. The molecule has 2 fully saturated rings. The summed E-state index contributed by atoms with van der Waals surface area (Å²) >= 11 is 0. The van der Waals surface area contributed by atoms with E-state index in [0.29, 0.717) is 23.8 Å². The molecule has 4 heteroatoms. The van der Waals surface area contributed by atoms with Crippen molar-refractivity contribution < 1.29 is 14.6 Å². The number of aliphatic hydroxyl groups is 1. The van der Waals surface area contributed by atoms with E-state index < -0.39 is 0 Å². The predicted molar refractivity (Wildman–Crippen MR) is 100 cm³/mol. The summed E-state index contributed by atoms with van der Waals surface area (Å²) < 4.78 is 5.98. The van der Waals surface area contributed by atoms with Crippen LogP contribution in [0.5, 0.6) is 5.75 Å². The van der Waals surface area contributed by atoms with E-state index in [4.69, 9.17) is 4.74 Å². The van der Waals surface area contributed by atoms with Gasteiger partial charge in [0.15, 0.2) is 0 Å². The van der Waals surface area contributed by atoms with Crippen LogP contribution in [-0.2, 0) is 6.61 Å². The number of carbonyl (C=O) groups excluding carboxylic acids is 1. The van der Waals surface area contributed by atoms with Crippen LogP contribution in [0.1, 0.15) is 41.6 Å². The maximum atomic E-state index is 13.3. The SMILES string of the molecule is O=C(c1ccccc1OCc1ccccc1)N1[C@@H]2CC[C@H]1CC(CO)C2. The van der Waals surface area contributed by atoms with E-state index in [2.05, 4.69) is 4.90 Å². The van der Waals surface area contributed by atoms with Crippen LogP contribution in [0.3, 0.4) is 0 Å². The molecule has 2 aliphatic rings. The lowest BCUT2D eigenvalue weighted by atomic mass is 9.91. The van der Waals surface area contributed by atoms with Crippen molar-refractivity contribution in [2.75, 3.05) is 6.61 Å². The standard InChI is InChI=1S/C22H25NO3/c24-14-17-12-18-10-11-19(13-17)23(18)22(25)20-8-4-5-9-21(20)26-15-16-6-2-1-3-7-16/h1-9,17-19,24H,10-15H2/t17?,18-,19+. The predicted octanol–water partition coefficient (Wildman–Crippen LogP) is 3.64. The van der Waals surface area contributed by atoms with Crippen LogP contribution in [0.2, 0.25) is 0 Å². The minimum atomic E-state index is 0.0672. The summed E-state index contributed by atoms with van der Waals surface area (Å²) in [4.78, 5) is 15.3. The Morgan fingerprint density at radius 1 is 1.00 bits per heavy atom. The Morgan fingerprint density at radius 2 is 1.65 bits per heavy atom. The van der Waals surface area contributed by atoms with Crippen molar-refractivity contribution in [2.24, 2.45) is 5.92 Å². The molecular weight excluding hydrogens is 326 g/mol. The van der Waals surface area contributed by atoms with Gasteiger partial charge in [-0.25, -0.2) is 0 Å². The molecule has 2 saturated heterocycles. The van der Waals surface area contributed by atoms with Crippen LogP contribution < -0.4 is 4.74 Å². The Morgan fingerprint density at radius 3 is 2.35 bits per heavy atom. The number of nitrogens with zero attached hydrogens (tertiary/aromatic N) is 1. The number of para-hydroxylation sites is 1. The number of amides is 1. The highest BCUT2D eigenvalue weighted by Gasteiger charge is 2.43. The number of aliphatic hydroxyl groups excluding tert-OH is 1. The van der Waals surface area contributed by atoms with Gasteiger partial charge in [-0.3, -0.25) is 4.79 Å². The third-order valence-corrected chi connectivity index (χ3v) is 5.68. The third-order valence-electron chi connectivity index (χ3n) is 5.68. The van der Waals surface area contributed by atoms with Crippen molar-refractivity contribution in [3.05, 3.63) is 65.7 Å². The van der Waals surface area contributed by atoms with Gasteiger partial charge in [0.1, 0.15) is 12.4 Å². The van der Waals surface area contributed by atoms with Gasteiger partial charge in [-0.15, -0.1) is 0 Å². The minimum absolute atomic E-state index is 0.0672. The fraction of sp³-hybridized carbons (Fsp3) is 0.409. The van der Waals surface area contributed by atoms with Gasteiger partial charge < -0.3 is 14.7 Å². The monoisotopic (exact) mass is 351 g/mol. The minimum Gasteiger partial charge on any atom is -0.488 e. The quantitative estimate of drug-likeness (QED) is 0.895. The third kappa shape index (κ3) is 3.34. The molecule has 1 amide bonds. The number of piperidine rings is 1. The second-order valence-corrected chi connectivity index (χ2v) is 7.39. The molecule has 1 N–H and O–H groups in total. The molecule has 0 saturated carbocycles. The van der Waals surface area contributed by atoms with E-state index in [1.807, 2.05) is 54.6 Å². The molecule has 2 aromatic carbocycles. The van der Waals surface area contributed by atoms with Crippen LogP contribution in [0.4, 0.5) is 0 Å². The van der Waals surface area contributed by atoms with Crippen molar-refractivity contribution >= 4 is 5.91 Å². The number of hydrogen-bond donors (Lipinski definition) is 1. The van der Waals surface area contributed by atoms with Gasteiger partial charge >= 0.3 is 0 Å². The van der Waals surface area contributed by atoms with Crippen molar-refractivity contribution in [3.63, 3.8) is 0 Å². The van der Waals surface area contributed by atoms with E-state index in [0.717, 1.165) is 31.2 Å². The van der Waals surface area contributed by atoms with Gasteiger partial charge in [-0.1, -0.05) is 42.5 Å². The topological polar surface area (TPSA) is 49.8 Å². The fourth-order valence-electron chi connectivity index (χ4n) is 4.41. The summed E-state index contributed by atoms with van der Waals surface area (Å²) in [6, 6.07) is 18.0. The first kappa shape index (κ1) is 17.1. The summed E-state index contributed by atoms with van der Waals surface area (Å²) in [6.07, 6.45) is 3.90. The average Bonchev–Trinajstić information content (AvgIpc) is 2.96. The van der Waals surface area contributed by atoms with Gasteiger partial charge in [0.2, 0.25) is 0 Å². The maximum Gasteiger partial charge on any atom is 0.258 e. The smallest absolute Gasteiger partial charge is 0.258 e. The van der Waals surface area contributed by atoms with Gasteiger partial charge in [0.05, 0.1) is 5.56 Å². The van der Waals surface area contributed by atoms with Gasteiger partial charge in [0.25, 0.3) is 5.91 Å². The van der Waals surface area contributed by atoms with Crippen LogP contribution >= 0.6 is 0 Å². The van der Waals surface area contributed by atoms with E-state index in [9.17, 15) is 9.90 Å². The van der Waals surface area contributed by atoms with Crippen LogP contribution in [0.15, 0.2) is 54.6 Å². The first-order valence-electron chi connectivity index (χ1n) is 9.45. The van der Waals surface area contributed by atoms with E-state index in [1.165, 1.54) is 0 Å². The van der Waals surface area contributed by atoms with Gasteiger partial charge in [-0.05, 0) is 49.3 Å². The first-order valence-corrected chi connectivity index (χ1v) is 9.45. The van der Waals surface area contributed by atoms with Crippen molar-refractivity contribution in [3.8, 4) is 5.75 Å². The molecule has 4 nitrogen and oxygen atoms in total. The Kier molecular flexibility index (Phi) is 4.93. The molecule has 2 bridgehead atoms. The van der Waals surface area contributed by atoms with Gasteiger partial charge in [0, 0.05) is 18.7 Å². The molecule has 3 atom stereocenters. The van der Waals surface area contributed by atoms with E-state index in [-0.39, 0.29) is 24.6 Å². The Labute approximate surface area is 154 Å². The van der Waals surface area contributed by atoms with Crippen molar-refractivity contribution in [1.29, 1.82) is 0 Å². The molecule has 2 heterocycles. The Bertz CT molecular complexity index is 747. The summed E-state index contributed by atoms with van der Waals surface area (Å²) in [5.74, 6) is 1.05. The molecule has 0 aliphatic carbocycles. The molecule has 26 heavy (non-hydrogen) atoms. The number of ether oxygens (including phenoxy) is 1. The molecule has 1 unspecified atom stereocenters. The molecule has 2 aliphatic heterocycles. The number of rotatable bonds is 5. The molecule has 0 radical (unpaired) electrons. The highest BCUT2D eigenvalue weighted by Crippen LogP contribution is 2.40. The Hall–Kier alpha value is -2.33. The molecule has 4 rings (SSSR count).